The number of nitrogens with zero attached hydrogens (tertiary/aromatic N) is 1. The average Bonchev–Trinajstić information content (AvgIpc) is 3.55. The van der Waals surface area contributed by atoms with Gasteiger partial charge in [0, 0.05) is 18.0 Å². The van der Waals surface area contributed by atoms with E-state index >= 15 is 0 Å². The molecule has 0 spiro atoms. The molecule has 0 saturated carbocycles. The van der Waals surface area contributed by atoms with Crippen molar-refractivity contribution in [3.8, 4) is 11.1 Å². The zero-order chi connectivity index (χ0) is 28.9. The van der Waals surface area contributed by atoms with E-state index in [0.29, 0.717) is 5.69 Å². The zero-order valence-corrected chi connectivity index (χ0v) is 22.7. The number of carbonyl (C=O) groups is 4. The van der Waals surface area contributed by atoms with Crippen LogP contribution in [-0.2, 0) is 23.9 Å². The van der Waals surface area contributed by atoms with Gasteiger partial charge >= 0.3 is 12.1 Å². The maximum absolute atomic E-state index is 13.4. The van der Waals surface area contributed by atoms with Crippen molar-refractivity contribution >= 4 is 29.6 Å². The van der Waals surface area contributed by atoms with Crippen LogP contribution in [-0.4, -0.2) is 67.2 Å². The van der Waals surface area contributed by atoms with Crippen LogP contribution >= 0.6 is 0 Å². The van der Waals surface area contributed by atoms with E-state index < -0.39 is 36.0 Å². The number of nitrogens with one attached hydrogen (secondary N) is 2. The van der Waals surface area contributed by atoms with Crippen LogP contribution in [0, 0.1) is 6.92 Å². The largest absolute Gasteiger partial charge is 0.459 e. The summed E-state index contributed by atoms with van der Waals surface area (Å²) in [6.45, 7) is 1.38. The number of fused-ring (bicyclic) bond motifs is 3. The summed E-state index contributed by atoms with van der Waals surface area (Å²) in [5.74, 6) is -1.75. The lowest BCUT2D eigenvalue weighted by Gasteiger charge is -2.24. The summed E-state index contributed by atoms with van der Waals surface area (Å²) in [6.07, 6.45) is -1.35. The number of ether oxygens (including phenoxy) is 2. The van der Waals surface area contributed by atoms with Gasteiger partial charge in [0.05, 0.1) is 13.1 Å². The van der Waals surface area contributed by atoms with Gasteiger partial charge in [-0.15, -0.1) is 0 Å². The highest BCUT2D eigenvalue weighted by Gasteiger charge is 2.43. The molecule has 1 saturated heterocycles. The van der Waals surface area contributed by atoms with Crippen molar-refractivity contribution in [1.82, 2.24) is 10.2 Å². The molecule has 3 amide bonds. The lowest BCUT2D eigenvalue weighted by Crippen LogP contribution is -2.43. The summed E-state index contributed by atoms with van der Waals surface area (Å²) in [5.41, 5.74) is 11.2. The smallest absolute Gasteiger partial charge is 0.410 e. The van der Waals surface area contributed by atoms with Crippen LogP contribution in [0.1, 0.15) is 29.0 Å². The number of amides is 3. The van der Waals surface area contributed by atoms with Crippen LogP contribution in [0.2, 0.25) is 0 Å². The lowest BCUT2D eigenvalue weighted by atomic mass is 9.98. The Morgan fingerprint density at radius 1 is 0.927 bits per heavy atom. The first-order valence-electron chi connectivity index (χ1n) is 13.5. The number of likely N-dealkylation sites (tertiary alicyclic amines) is 1. The highest BCUT2D eigenvalue weighted by atomic mass is 16.6. The first-order chi connectivity index (χ1) is 19.8. The third-order valence-electron chi connectivity index (χ3n) is 7.37. The summed E-state index contributed by atoms with van der Waals surface area (Å²) < 4.78 is 11.3. The average molecular weight is 557 g/mol. The topological polar surface area (TPSA) is 140 Å². The van der Waals surface area contributed by atoms with Gasteiger partial charge in [-0.05, 0) is 41.3 Å². The Balaban J connectivity index is 1.29. The maximum atomic E-state index is 13.4. The molecule has 10 nitrogen and oxygen atoms in total. The van der Waals surface area contributed by atoms with Gasteiger partial charge in [-0.3, -0.25) is 19.3 Å². The van der Waals surface area contributed by atoms with E-state index in [1.54, 1.807) is 12.1 Å². The summed E-state index contributed by atoms with van der Waals surface area (Å²) in [7, 11) is 0. The number of aryl methyl sites for hydroxylation is 1. The van der Waals surface area contributed by atoms with E-state index in [-0.39, 0.29) is 38.6 Å². The molecule has 1 aliphatic carbocycles. The SMILES string of the molecule is Cc1ccc(NC(=O)C2CC(OC(=O)CNC(=O)CN)CN2C(=O)OCC2c3ccccc3-c3ccccc32)cc1. The molecule has 2 atom stereocenters. The van der Waals surface area contributed by atoms with Crippen molar-refractivity contribution in [2.75, 3.05) is 31.6 Å². The number of rotatable bonds is 8. The normalized spacial score (nSPS) is 17.4. The molecular weight excluding hydrogens is 524 g/mol. The van der Waals surface area contributed by atoms with E-state index in [2.05, 4.69) is 22.8 Å². The summed E-state index contributed by atoms with van der Waals surface area (Å²) >= 11 is 0. The van der Waals surface area contributed by atoms with Gasteiger partial charge in [0.25, 0.3) is 0 Å². The van der Waals surface area contributed by atoms with Gasteiger partial charge in [-0.2, -0.15) is 0 Å². The molecule has 0 bridgehead atoms. The number of hydrogen-bond acceptors (Lipinski definition) is 7. The van der Waals surface area contributed by atoms with Gasteiger partial charge in [0.15, 0.2) is 0 Å². The van der Waals surface area contributed by atoms with Gasteiger partial charge in [0.2, 0.25) is 11.8 Å². The molecule has 5 rings (SSSR count). The molecule has 2 aliphatic rings. The second kappa shape index (κ2) is 12.2. The molecule has 212 valence electrons. The van der Waals surface area contributed by atoms with Crippen molar-refractivity contribution in [1.29, 1.82) is 0 Å². The first-order valence-corrected chi connectivity index (χ1v) is 13.5. The number of hydrogen-bond donors (Lipinski definition) is 3. The molecule has 1 heterocycles. The van der Waals surface area contributed by atoms with Crippen molar-refractivity contribution in [2.24, 2.45) is 5.73 Å². The number of anilines is 1. The van der Waals surface area contributed by atoms with Crippen LogP contribution in [0.15, 0.2) is 72.8 Å². The highest BCUT2D eigenvalue weighted by Crippen LogP contribution is 2.44. The van der Waals surface area contributed by atoms with Crippen molar-refractivity contribution in [3.63, 3.8) is 0 Å². The Labute approximate surface area is 237 Å². The predicted octanol–water partition coefficient (Wildman–Crippen LogP) is 2.94. The standard InChI is InChI=1S/C31H32N4O6/c1-19-10-12-20(13-11-19)34-30(38)27-14-21(41-29(37)16-33-28(36)15-32)17-35(27)31(39)40-18-26-24-8-4-2-6-22(24)23-7-3-5-9-25(23)26/h2-13,21,26-27H,14-18,32H2,1H3,(H,33,36)(H,34,38). The Bertz CT molecular complexity index is 1410. The monoisotopic (exact) mass is 556 g/mol. The molecule has 4 N–H and O–H groups in total. The number of benzene rings is 3. The summed E-state index contributed by atoms with van der Waals surface area (Å²) in [5, 5.41) is 5.20. The number of nitrogens with two attached hydrogens (primary N) is 1. The minimum absolute atomic E-state index is 0.0285. The van der Waals surface area contributed by atoms with E-state index in [4.69, 9.17) is 15.2 Å². The molecule has 3 aromatic carbocycles. The van der Waals surface area contributed by atoms with Gasteiger partial charge in [-0.1, -0.05) is 66.2 Å². The van der Waals surface area contributed by atoms with E-state index in [1.165, 1.54) is 4.90 Å². The van der Waals surface area contributed by atoms with Crippen molar-refractivity contribution in [2.45, 2.75) is 31.4 Å². The van der Waals surface area contributed by atoms with Crippen LogP contribution in [0.5, 0.6) is 0 Å². The molecule has 41 heavy (non-hydrogen) atoms. The zero-order valence-electron chi connectivity index (χ0n) is 22.7. The van der Waals surface area contributed by atoms with Gasteiger partial charge in [0.1, 0.15) is 25.3 Å². The molecule has 2 unspecified atom stereocenters. The fourth-order valence-corrected chi connectivity index (χ4v) is 5.34. The molecule has 3 aromatic rings. The maximum Gasteiger partial charge on any atom is 0.410 e. The lowest BCUT2D eigenvalue weighted by molar-refractivity contribution is -0.148. The van der Waals surface area contributed by atoms with Crippen molar-refractivity contribution in [3.05, 3.63) is 89.5 Å². The van der Waals surface area contributed by atoms with Crippen LogP contribution in [0.4, 0.5) is 10.5 Å². The number of carbonyl (C=O) groups excluding carboxylic acids is 4. The van der Waals surface area contributed by atoms with E-state index in [0.717, 1.165) is 27.8 Å². The Hall–Kier alpha value is -4.70. The first kappa shape index (κ1) is 27.9. The fourth-order valence-electron chi connectivity index (χ4n) is 5.34. The Kier molecular flexibility index (Phi) is 8.30. The second-order valence-corrected chi connectivity index (χ2v) is 10.2. The number of esters is 1. The Morgan fingerprint density at radius 3 is 2.20 bits per heavy atom. The molecule has 0 radical (unpaired) electrons. The van der Waals surface area contributed by atoms with Crippen molar-refractivity contribution < 1.29 is 28.7 Å². The van der Waals surface area contributed by atoms with E-state index in [1.807, 2.05) is 55.5 Å². The summed E-state index contributed by atoms with van der Waals surface area (Å²) in [6, 6.07) is 22.4. The predicted molar refractivity (Wildman–Crippen MR) is 152 cm³/mol. The third kappa shape index (κ3) is 6.22. The van der Waals surface area contributed by atoms with E-state index in [9.17, 15) is 19.2 Å². The highest BCUT2D eigenvalue weighted by molar-refractivity contribution is 5.97. The molecule has 0 aromatic heterocycles. The van der Waals surface area contributed by atoms with Crippen LogP contribution in [0.3, 0.4) is 0 Å². The molecular formula is C31H32N4O6. The minimum atomic E-state index is -0.927. The summed E-state index contributed by atoms with van der Waals surface area (Å²) in [4.78, 5) is 51.8. The Morgan fingerprint density at radius 2 is 1.56 bits per heavy atom. The fraction of sp³-hybridized carbons (Fsp3) is 0.290. The molecule has 10 heteroatoms. The van der Waals surface area contributed by atoms with Gasteiger partial charge < -0.3 is 25.8 Å². The minimum Gasteiger partial charge on any atom is -0.459 e. The van der Waals surface area contributed by atoms with Crippen LogP contribution in [0.25, 0.3) is 11.1 Å². The van der Waals surface area contributed by atoms with Gasteiger partial charge in [-0.25, -0.2) is 4.79 Å². The third-order valence-corrected chi connectivity index (χ3v) is 7.37. The quantitative estimate of drug-likeness (QED) is 0.363. The molecule has 1 fully saturated rings. The van der Waals surface area contributed by atoms with Crippen LogP contribution < -0.4 is 16.4 Å². The second-order valence-electron chi connectivity index (χ2n) is 10.2. The molecule has 1 aliphatic heterocycles.